The highest BCUT2D eigenvalue weighted by molar-refractivity contribution is 5.26. The van der Waals surface area contributed by atoms with E-state index in [9.17, 15) is 0 Å². The van der Waals surface area contributed by atoms with E-state index in [1.165, 1.54) is 11.1 Å². The molecule has 2 rings (SSSR count). The highest BCUT2D eigenvalue weighted by atomic mass is 16.4. The Morgan fingerprint density at radius 3 is 2.72 bits per heavy atom. The molecule has 0 unspecified atom stereocenters. The molecular formula is C15H16N2O. The number of nitrogens with zero attached hydrogens (tertiary/aromatic N) is 2. The lowest BCUT2D eigenvalue weighted by atomic mass is 10.0. The van der Waals surface area contributed by atoms with Crippen LogP contribution in [0.3, 0.4) is 0 Å². The average Bonchev–Trinajstić information content (AvgIpc) is 2.70. The molecule has 0 bridgehead atoms. The topological polar surface area (TPSA) is 49.8 Å². The van der Waals surface area contributed by atoms with Crippen LogP contribution in [0.5, 0.6) is 0 Å². The minimum Gasteiger partial charge on any atom is -0.446 e. The normalized spacial score (nSPS) is 10.3. The van der Waals surface area contributed by atoms with E-state index in [-0.39, 0.29) is 0 Å². The number of benzene rings is 1. The Morgan fingerprint density at radius 1 is 1.22 bits per heavy atom. The van der Waals surface area contributed by atoms with Crippen molar-refractivity contribution in [2.45, 2.75) is 33.1 Å². The van der Waals surface area contributed by atoms with Crippen LogP contribution in [0, 0.1) is 25.2 Å². The van der Waals surface area contributed by atoms with Gasteiger partial charge in [-0.1, -0.05) is 24.3 Å². The lowest BCUT2D eigenvalue weighted by Gasteiger charge is -2.02. The highest BCUT2D eigenvalue weighted by Crippen LogP contribution is 2.14. The molecule has 3 nitrogen and oxygen atoms in total. The van der Waals surface area contributed by atoms with Crippen LogP contribution in [0.25, 0.3) is 0 Å². The van der Waals surface area contributed by atoms with Crippen LogP contribution in [0.4, 0.5) is 0 Å². The summed E-state index contributed by atoms with van der Waals surface area (Å²) in [4.78, 5) is 4.36. The molecule has 0 fully saturated rings. The summed E-state index contributed by atoms with van der Waals surface area (Å²) in [5.41, 5.74) is 3.37. The van der Waals surface area contributed by atoms with Gasteiger partial charge in [0.25, 0.3) is 0 Å². The summed E-state index contributed by atoms with van der Waals surface area (Å²) in [6.07, 6.45) is 2.01. The molecule has 1 heterocycles. The van der Waals surface area contributed by atoms with Gasteiger partial charge in [0.2, 0.25) is 0 Å². The predicted molar refractivity (Wildman–Crippen MR) is 69.1 cm³/mol. The highest BCUT2D eigenvalue weighted by Gasteiger charge is 2.09. The predicted octanol–water partition coefficient (Wildman–Crippen LogP) is 3.14. The smallest absolute Gasteiger partial charge is 0.194 e. The second-order valence-electron chi connectivity index (χ2n) is 4.37. The van der Waals surface area contributed by atoms with Crippen LogP contribution in [-0.4, -0.2) is 4.98 Å². The summed E-state index contributed by atoms with van der Waals surface area (Å²) in [5, 5.41) is 8.67. The summed E-state index contributed by atoms with van der Waals surface area (Å²) < 4.78 is 5.57. The SMILES string of the molecule is Cc1ccccc1CCc1nc(CC#N)c(C)o1. The summed E-state index contributed by atoms with van der Waals surface area (Å²) in [7, 11) is 0. The molecule has 18 heavy (non-hydrogen) atoms. The van der Waals surface area contributed by atoms with E-state index in [4.69, 9.17) is 9.68 Å². The molecule has 1 aromatic heterocycles. The molecule has 0 N–H and O–H groups in total. The van der Waals surface area contributed by atoms with Crippen LogP contribution in [0.1, 0.15) is 28.5 Å². The molecule has 0 saturated carbocycles. The third kappa shape index (κ3) is 2.78. The first-order valence-electron chi connectivity index (χ1n) is 6.07. The first-order valence-corrected chi connectivity index (χ1v) is 6.07. The van der Waals surface area contributed by atoms with E-state index in [0.29, 0.717) is 6.42 Å². The van der Waals surface area contributed by atoms with Crippen LogP contribution in [-0.2, 0) is 19.3 Å². The number of nitriles is 1. The zero-order chi connectivity index (χ0) is 13.0. The minimum absolute atomic E-state index is 0.319. The Balaban J connectivity index is 2.05. The van der Waals surface area contributed by atoms with E-state index in [1.54, 1.807) is 0 Å². The molecule has 0 spiro atoms. The van der Waals surface area contributed by atoms with Crippen LogP contribution < -0.4 is 0 Å². The van der Waals surface area contributed by atoms with Crippen molar-refractivity contribution in [1.29, 1.82) is 5.26 Å². The van der Waals surface area contributed by atoms with E-state index >= 15 is 0 Å². The fraction of sp³-hybridized carbons (Fsp3) is 0.333. The van der Waals surface area contributed by atoms with Gasteiger partial charge in [0.05, 0.1) is 18.2 Å². The molecule has 0 aliphatic heterocycles. The first-order chi connectivity index (χ1) is 8.70. The average molecular weight is 240 g/mol. The van der Waals surface area contributed by atoms with E-state index in [1.807, 2.05) is 19.1 Å². The molecule has 1 aromatic carbocycles. The number of oxazole rings is 1. The lowest BCUT2D eigenvalue weighted by Crippen LogP contribution is -1.94. The van der Waals surface area contributed by atoms with Gasteiger partial charge in [-0.15, -0.1) is 0 Å². The Bertz CT molecular complexity index is 578. The minimum atomic E-state index is 0.319. The summed E-state index contributed by atoms with van der Waals surface area (Å²) in [5.74, 6) is 1.48. The molecule has 0 atom stereocenters. The zero-order valence-electron chi connectivity index (χ0n) is 10.7. The van der Waals surface area contributed by atoms with Crippen molar-refractivity contribution >= 4 is 0 Å². The van der Waals surface area contributed by atoms with Crippen molar-refractivity contribution < 1.29 is 4.42 Å². The van der Waals surface area contributed by atoms with Gasteiger partial charge >= 0.3 is 0 Å². The summed E-state index contributed by atoms with van der Waals surface area (Å²) in [6, 6.07) is 10.4. The summed E-state index contributed by atoms with van der Waals surface area (Å²) >= 11 is 0. The van der Waals surface area contributed by atoms with Crippen molar-refractivity contribution in [2.24, 2.45) is 0 Å². The molecule has 0 amide bonds. The van der Waals surface area contributed by atoms with Crippen LogP contribution in [0.15, 0.2) is 28.7 Å². The Morgan fingerprint density at radius 2 is 2.00 bits per heavy atom. The van der Waals surface area contributed by atoms with Gasteiger partial charge in [-0.3, -0.25) is 0 Å². The van der Waals surface area contributed by atoms with Crippen molar-refractivity contribution in [3.8, 4) is 6.07 Å². The molecule has 3 heteroatoms. The molecule has 2 aromatic rings. The van der Waals surface area contributed by atoms with Crippen molar-refractivity contribution in [3.63, 3.8) is 0 Å². The van der Waals surface area contributed by atoms with Gasteiger partial charge in [0.15, 0.2) is 5.89 Å². The van der Waals surface area contributed by atoms with Crippen molar-refractivity contribution in [2.75, 3.05) is 0 Å². The van der Waals surface area contributed by atoms with Gasteiger partial charge in [0, 0.05) is 6.42 Å². The summed E-state index contributed by atoms with van der Waals surface area (Å²) in [6.45, 7) is 3.97. The molecule has 0 saturated heterocycles. The monoisotopic (exact) mass is 240 g/mol. The number of aromatic nitrogens is 1. The number of aryl methyl sites for hydroxylation is 4. The van der Waals surface area contributed by atoms with E-state index in [2.05, 4.69) is 30.1 Å². The van der Waals surface area contributed by atoms with Gasteiger partial charge in [-0.05, 0) is 31.4 Å². The number of hydrogen-bond acceptors (Lipinski definition) is 3. The Kier molecular flexibility index (Phi) is 3.78. The molecular weight excluding hydrogens is 224 g/mol. The standard InChI is InChI=1S/C15H16N2O/c1-11-5-3-4-6-13(11)7-8-15-17-14(9-10-16)12(2)18-15/h3-6H,7-9H2,1-2H3. The lowest BCUT2D eigenvalue weighted by molar-refractivity contribution is 0.469. The Labute approximate surface area is 107 Å². The molecule has 0 aliphatic carbocycles. The second kappa shape index (κ2) is 5.50. The zero-order valence-corrected chi connectivity index (χ0v) is 10.7. The van der Waals surface area contributed by atoms with Crippen LogP contribution >= 0.6 is 0 Å². The van der Waals surface area contributed by atoms with Gasteiger partial charge in [0.1, 0.15) is 5.76 Å². The maximum atomic E-state index is 8.67. The quantitative estimate of drug-likeness (QED) is 0.824. The largest absolute Gasteiger partial charge is 0.446 e. The third-order valence-electron chi connectivity index (χ3n) is 3.05. The third-order valence-corrected chi connectivity index (χ3v) is 3.05. The first kappa shape index (κ1) is 12.4. The van der Waals surface area contributed by atoms with Gasteiger partial charge in [-0.25, -0.2) is 4.98 Å². The van der Waals surface area contributed by atoms with Gasteiger partial charge < -0.3 is 4.42 Å². The Hall–Kier alpha value is -2.08. The second-order valence-corrected chi connectivity index (χ2v) is 4.37. The molecule has 0 aliphatic rings. The maximum absolute atomic E-state index is 8.67. The fourth-order valence-corrected chi connectivity index (χ4v) is 1.97. The van der Waals surface area contributed by atoms with Crippen LogP contribution in [0.2, 0.25) is 0 Å². The number of rotatable bonds is 4. The van der Waals surface area contributed by atoms with E-state index in [0.717, 1.165) is 30.2 Å². The molecule has 92 valence electrons. The molecule has 0 radical (unpaired) electrons. The van der Waals surface area contributed by atoms with Crippen molar-refractivity contribution in [3.05, 3.63) is 52.7 Å². The van der Waals surface area contributed by atoms with Crippen molar-refractivity contribution in [1.82, 2.24) is 4.98 Å². The number of hydrogen-bond donors (Lipinski definition) is 0. The maximum Gasteiger partial charge on any atom is 0.194 e. The van der Waals surface area contributed by atoms with E-state index < -0.39 is 0 Å². The van der Waals surface area contributed by atoms with Gasteiger partial charge in [-0.2, -0.15) is 5.26 Å². The fourth-order valence-electron chi connectivity index (χ4n) is 1.97.